The zero-order chi connectivity index (χ0) is 16.1. The summed E-state index contributed by atoms with van der Waals surface area (Å²) in [5.74, 6) is 0.0767. The summed E-state index contributed by atoms with van der Waals surface area (Å²) in [6.07, 6.45) is 2.47. The third-order valence-corrected chi connectivity index (χ3v) is 5.15. The molecular formula is C18H21FN2OS. The summed E-state index contributed by atoms with van der Waals surface area (Å²) in [6, 6.07) is 11.2. The lowest BCUT2D eigenvalue weighted by Gasteiger charge is -2.24. The van der Waals surface area contributed by atoms with Gasteiger partial charge >= 0.3 is 0 Å². The number of amides is 1. The van der Waals surface area contributed by atoms with E-state index in [0.29, 0.717) is 25.1 Å². The van der Waals surface area contributed by atoms with Crippen LogP contribution in [-0.2, 0) is 17.9 Å². The molecule has 3 rings (SSSR count). The number of carbonyl (C=O) groups excluding carboxylic acids is 1. The van der Waals surface area contributed by atoms with Gasteiger partial charge in [0.25, 0.3) is 0 Å². The molecule has 3 nitrogen and oxygen atoms in total. The molecule has 1 saturated heterocycles. The second-order valence-corrected chi connectivity index (χ2v) is 6.88. The van der Waals surface area contributed by atoms with E-state index in [4.69, 9.17) is 0 Å². The molecule has 1 atom stereocenters. The van der Waals surface area contributed by atoms with Crippen molar-refractivity contribution < 1.29 is 9.18 Å². The Morgan fingerprint density at radius 3 is 2.91 bits per heavy atom. The first-order valence-electron chi connectivity index (χ1n) is 8.00. The predicted molar refractivity (Wildman–Crippen MR) is 90.6 cm³/mol. The van der Waals surface area contributed by atoms with Gasteiger partial charge < -0.3 is 10.2 Å². The van der Waals surface area contributed by atoms with Gasteiger partial charge in [0.1, 0.15) is 5.82 Å². The van der Waals surface area contributed by atoms with Gasteiger partial charge in [-0.1, -0.05) is 24.3 Å². The van der Waals surface area contributed by atoms with Gasteiger partial charge in [0.2, 0.25) is 5.91 Å². The molecule has 23 heavy (non-hydrogen) atoms. The minimum Gasteiger partial charge on any atom is -0.335 e. The molecule has 0 bridgehead atoms. The second-order valence-electron chi connectivity index (χ2n) is 5.85. The molecule has 1 fully saturated rings. The highest BCUT2D eigenvalue weighted by molar-refractivity contribution is 7.09. The monoisotopic (exact) mass is 332 g/mol. The Kier molecular flexibility index (Phi) is 5.41. The molecule has 2 heterocycles. The summed E-state index contributed by atoms with van der Waals surface area (Å²) in [4.78, 5) is 15.3. The van der Waals surface area contributed by atoms with Crippen LogP contribution in [-0.4, -0.2) is 23.4 Å². The van der Waals surface area contributed by atoms with Crippen molar-refractivity contribution in [3.63, 3.8) is 0 Å². The molecule has 1 N–H and O–H groups in total. The number of rotatable bonds is 7. The molecular weight excluding hydrogens is 311 g/mol. The van der Waals surface area contributed by atoms with E-state index >= 15 is 0 Å². The van der Waals surface area contributed by atoms with Gasteiger partial charge in [0.15, 0.2) is 0 Å². The first-order valence-corrected chi connectivity index (χ1v) is 8.88. The molecule has 1 unspecified atom stereocenters. The summed E-state index contributed by atoms with van der Waals surface area (Å²) < 4.78 is 13.6. The van der Waals surface area contributed by atoms with Crippen LogP contribution in [0.1, 0.15) is 29.7 Å². The third kappa shape index (κ3) is 4.18. The van der Waals surface area contributed by atoms with E-state index in [2.05, 4.69) is 11.4 Å². The first kappa shape index (κ1) is 16.1. The lowest BCUT2D eigenvalue weighted by Crippen LogP contribution is -2.34. The third-order valence-electron chi connectivity index (χ3n) is 4.29. The van der Waals surface area contributed by atoms with Crippen molar-refractivity contribution >= 4 is 17.2 Å². The Hall–Kier alpha value is -1.72. The van der Waals surface area contributed by atoms with Gasteiger partial charge in [-0.15, -0.1) is 11.3 Å². The minimum absolute atomic E-state index is 0.171. The van der Waals surface area contributed by atoms with Crippen molar-refractivity contribution in [2.24, 2.45) is 0 Å². The van der Waals surface area contributed by atoms with Crippen LogP contribution >= 0.6 is 11.3 Å². The maximum absolute atomic E-state index is 13.6. The van der Waals surface area contributed by atoms with E-state index < -0.39 is 0 Å². The summed E-state index contributed by atoms with van der Waals surface area (Å²) in [5.41, 5.74) is 0.686. The molecule has 0 aliphatic carbocycles. The van der Waals surface area contributed by atoms with Crippen LogP contribution in [0.5, 0.6) is 0 Å². The highest BCUT2D eigenvalue weighted by Gasteiger charge is 2.30. The zero-order valence-corrected chi connectivity index (χ0v) is 13.8. The normalized spacial score (nSPS) is 17.9. The fourth-order valence-corrected chi connectivity index (χ4v) is 3.72. The summed E-state index contributed by atoms with van der Waals surface area (Å²) >= 11 is 1.69. The van der Waals surface area contributed by atoms with E-state index in [1.54, 1.807) is 23.5 Å². The number of halogens is 1. The maximum Gasteiger partial charge on any atom is 0.223 e. The topological polar surface area (TPSA) is 32.3 Å². The van der Waals surface area contributed by atoms with E-state index in [1.165, 1.54) is 10.9 Å². The van der Waals surface area contributed by atoms with Crippen LogP contribution in [0.15, 0.2) is 41.8 Å². The van der Waals surface area contributed by atoms with Crippen molar-refractivity contribution in [2.45, 2.75) is 38.4 Å². The fourth-order valence-electron chi connectivity index (χ4n) is 3.01. The highest BCUT2D eigenvalue weighted by Crippen LogP contribution is 2.25. The molecule has 2 aromatic rings. The maximum atomic E-state index is 13.6. The number of nitrogens with one attached hydrogen (secondary N) is 1. The van der Waals surface area contributed by atoms with Crippen molar-refractivity contribution in [1.82, 2.24) is 10.2 Å². The smallest absolute Gasteiger partial charge is 0.223 e. The van der Waals surface area contributed by atoms with E-state index in [1.807, 2.05) is 22.4 Å². The molecule has 5 heteroatoms. The Balaban J connectivity index is 1.47. The van der Waals surface area contributed by atoms with Gasteiger partial charge in [-0.05, 0) is 36.9 Å². The summed E-state index contributed by atoms with van der Waals surface area (Å²) in [5, 5.41) is 5.33. The SMILES string of the molecule is O=C1CCC(CCNCc2ccccc2F)N1Cc1cccs1. The number of carbonyl (C=O) groups is 1. The Morgan fingerprint density at radius 2 is 2.13 bits per heavy atom. The fraction of sp³-hybridized carbons (Fsp3) is 0.389. The largest absolute Gasteiger partial charge is 0.335 e. The molecule has 1 aliphatic rings. The summed E-state index contributed by atoms with van der Waals surface area (Å²) in [6.45, 7) is 2.03. The molecule has 0 spiro atoms. The molecule has 0 radical (unpaired) electrons. The lowest BCUT2D eigenvalue weighted by atomic mass is 10.1. The van der Waals surface area contributed by atoms with E-state index in [0.717, 1.165) is 19.4 Å². The van der Waals surface area contributed by atoms with Gasteiger partial charge in [-0.25, -0.2) is 4.39 Å². The van der Waals surface area contributed by atoms with Crippen LogP contribution in [0.25, 0.3) is 0 Å². The van der Waals surface area contributed by atoms with Crippen LogP contribution in [0.3, 0.4) is 0 Å². The average Bonchev–Trinajstić information content (AvgIpc) is 3.18. The zero-order valence-electron chi connectivity index (χ0n) is 13.0. The van der Waals surface area contributed by atoms with E-state index in [-0.39, 0.29) is 17.8 Å². The van der Waals surface area contributed by atoms with Crippen LogP contribution < -0.4 is 5.32 Å². The van der Waals surface area contributed by atoms with Gasteiger partial charge in [0, 0.05) is 29.4 Å². The van der Waals surface area contributed by atoms with E-state index in [9.17, 15) is 9.18 Å². The lowest BCUT2D eigenvalue weighted by molar-refractivity contribution is -0.129. The van der Waals surface area contributed by atoms with Gasteiger partial charge in [0.05, 0.1) is 6.54 Å². The minimum atomic E-state index is -0.171. The standard InChI is InChI=1S/C18H21FN2OS/c19-17-6-2-1-4-14(17)12-20-10-9-15-7-8-18(22)21(15)13-16-5-3-11-23-16/h1-6,11,15,20H,7-10,12-13H2. The molecule has 1 aliphatic heterocycles. The Morgan fingerprint density at radius 1 is 1.26 bits per heavy atom. The number of benzene rings is 1. The molecule has 1 amide bonds. The number of nitrogens with zero attached hydrogens (tertiary/aromatic N) is 1. The van der Waals surface area contributed by atoms with Crippen molar-refractivity contribution in [3.8, 4) is 0 Å². The molecule has 0 saturated carbocycles. The van der Waals surface area contributed by atoms with Crippen LogP contribution in [0.4, 0.5) is 4.39 Å². The average molecular weight is 332 g/mol. The highest BCUT2D eigenvalue weighted by atomic mass is 32.1. The van der Waals surface area contributed by atoms with Gasteiger partial charge in [-0.3, -0.25) is 4.79 Å². The number of thiophene rings is 1. The quantitative estimate of drug-likeness (QED) is 0.786. The van der Waals surface area contributed by atoms with Gasteiger partial charge in [-0.2, -0.15) is 0 Å². The number of hydrogen-bond acceptors (Lipinski definition) is 3. The first-order chi connectivity index (χ1) is 11.2. The van der Waals surface area contributed by atoms with Crippen LogP contribution in [0.2, 0.25) is 0 Å². The molecule has 1 aromatic heterocycles. The predicted octanol–water partition coefficient (Wildman–Crippen LogP) is 3.56. The summed E-state index contributed by atoms with van der Waals surface area (Å²) in [7, 11) is 0. The second kappa shape index (κ2) is 7.70. The molecule has 1 aromatic carbocycles. The Labute approximate surface area is 140 Å². The van der Waals surface area contributed by atoms with Crippen molar-refractivity contribution in [3.05, 3.63) is 58.0 Å². The van der Waals surface area contributed by atoms with Crippen molar-refractivity contribution in [2.75, 3.05) is 6.54 Å². The number of hydrogen-bond donors (Lipinski definition) is 1. The molecule has 122 valence electrons. The van der Waals surface area contributed by atoms with Crippen molar-refractivity contribution in [1.29, 1.82) is 0 Å². The Bertz CT molecular complexity index is 644. The number of likely N-dealkylation sites (tertiary alicyclic amines) is 1. The van der Waals surface area contributed by atoms with Crippen LogP contribution in [0, 0.1) is 5.82 Å².